The average molecular weight is 409 g/mol. The summed E-state index contributed by atoms with van der Waals surface area (Å²) < 4.78 is 2.35. The smallest absolute Gasteiger partial charge is 0.259 e. The van der Waals surface area contributed by atoms with Crippen molar-refractivity contribution in [2.75, 3.05) is 5.32 Å². The van der Waals surface area contributed by atoms with E-state index in [0.717, 1.165) is 24.1 Å². The number of halogens is 1. The average Bonchev–Trinajstić information content (AvgIpc) is 2.84. The molecule has 0 saturated carbocycles. The minimum Gasteiger partial charge on any atom is -0.321 e. The van der Waals surface area contributed by atoms with E-state index >= 15 is 0 Å². The number of para-hydroxylation sites is 1. The fourth-order valence-corrected chi connectivity index (χ4v) is 2.93. The predicted molar refractivity (Wildman–Crippen MR) is 98.9 cm³/mol. The van der Waals surface area contributed by atoms with Gasteiger partial charge in [0.05, 0.1) is 5.56 Å². The summed E-state index contributed by atoms with van der Waals surface area (Å²) in [6.45, 7) is 4.23. The quantitative estimate of drug-likeness (QED) is 0.741. The van der Waals surface area contributed by atoms with Crippen molar-refractivity contribution >= 4 is 39.8 Å². The van der Waals surface area contributed by atoms with Crippen molar-refractivity contribution < 1.29 is 4.79 Å². The zero-order valence-electron chi connectivity index (χ0n) is 13.1. The van der Waals surface area contributed by atoms with E-state index < -0.39 is 0 Å². The molecule has 0 saturated heterocycles. The zero-order chi connectivity index (χ0) is 16.1. The topological polar surface area (TPSA) is 46.9 Å². The minimum atomic E-state index is -0.131. The fourth-order valence-electron chi connectivity index (χ4n) is 2.21. The van der Waals surface area contributed by atoms with Crippen molar-refractivity contribution in [3.05, 3.63) is 51.4 Å². The summed E-state index contributed by atoms with van der Waals surface area (Å²) >= 11 is 2.08. The molecule has 1 aromatic carbocycles. The normalized spacial score (nSPS) is 11.5. The van der Waals surface area contributed by atoms with Gasteiger partial charge in [0.15, 0.2) is 0 Å². The number of amides is 1. The number of rotatable bonds is 5. The summed E-state index contributed by atoms with van der Waals surface area (Å²) in [6, 6.07) is 7.88. The van der Waals surface area contributed by atoms with Crippen LogP contribution in [-0.2, 0) is 7.05 Å². The lowest BCUT2D eigenvalue weighted by molar-refractivity contribution is 0.102. The second kappa shape index (κ2) is 7.58. The number of benzene rings is 1. The third-order valence-electron chi connectivity index (χ3n) is 3.37. The molecule has 0 bridgehead atoms. The van der Waals surface area contributed by atoms with Crippen LogP contribution in [0.15, 0.2) is 36.5 Å². The Morgan fingerprint density at radius 1 is 1.36 bits per heavy atom. The highest BCUT2D eigenvalue weighted by Crippen LogP contribution is 2.25. The Morgan fingerprint density at radius 2 is 2.09 bits per heavy atom. The molecule has 0 radical (unpaired) electrons. The lowest BCUT2D eigenvalue weighted by atomic mass is 10.0. The van der Waals surface area contributed by atoms with Gasteiger partial charge >= 0.3 is 0 Å². The number of hydrogen-bond donors (Lipinski definition) is 1. The van der Waals surface area contributed by atoms with Gasteiger partial charge in [-0.2, -0.15) is 5.10 Å². The van der Waals surface area contributed by atoms with E-state index in [1.165, 1.54) is 5.57 Å². The lowest BCUT2D eigenvalue weighted by Gasteiger charge is -2.11. The molecule has 1 heterocycles. The number of carbonyl (C=O) groups is 1. The van der Waals surface area contributed by atoms with Gasteiger partial charge in [0, 0.05) is 24.5 Å². The van der Waals surface area contributed by atoms with Crippen LogP contribution in [0.3, 0.4) is 0 Å². The van der Waals surface area contributed by atoms with Crippen LogP contribution in [0.5, 0.6) is 0 Å². The number of aromatic nitrogens is 2. The Kier molecular flexibility index (Phi) is 5.76. The maximum absolute atomic E-state index is 12.4. The van der Waals surface area contributed by atoms with E-state index in [4.69, 9.17) is 0 Å². The number of carbonyl (C=O) groups excluding carboxylic acids is 1. The van der Waals surface area contributed by atoms with E-state index in [-0.39, 0.29) is 5.91 Å². The number of aryl methyl sites for hydroxylation is 1. The van der Waals surface area contributed by atoms with Gasteiger partial charge in [-0.15, -0.1) is 0 Å². The van der Waals surface area contributed by atoms with Crippen LogP contribution in [0.4, 0.5) is 5.69 Å². The molecule has 0 atom stereocenters. The van der Waals surface area contributed by atoms with Gasteiger partial charge in [-0.1, -0.05) is 37.6 Å². The zero-order valence-corrected chi connectivity index (χ0v) is 15.2. The molecule has 1 amide bonds. The minimum absolute atomic E-state index is 0.131. The van der Waals surface area contributed by atoms with Crippen molar-refractivity contribution in [2.24, 2.45) is 7.05 Å². The first-order valence-electron chi connectivity index (χ1n) is 7.29. The third-order valence-corrected chi connectivity index (χ3v) is 4.16. The van der Waals surface area contributed by atoms with E-state index in [0.29, 0.717) is 9.26 Å². The summed E-state index contributed by atoms with van der Waals surface area (Å²) in [5.74, 6) is -0.131. The molecule has 0 spiro atoms. The monoisotopic (exact) mass is 409 g/mol. The summed E-state index contributed by atoms with van der Waals surface area (Å²) in [4.78, 5) is 12.4. The second-order valence-corrected chi connectivity index (χ2v) is 6.20. The van der Waals surface area contributed by atoms with Crippen LogP contribution in [-0.4, -0.2) is 15.7 Å². The molecular weight excluding hydrogens is 389 g/mol. The third kappa shape index (κ3) is 3.97. The molecule has 2 rings (SSSR count). The number of anilines is 1. The standard InChI is InChI=1S/C17H20IN3O/c1-4-5-8-12(2)13-9-6-7-10-15(13)19-17(22)14-11-21(3)20-16(14)18/h6-11H,4-5H2,1-3H3,(H,19,22)/b12-8-. The van der Waals surface area contributed by atoms with E-state index in [1.807, 2.05) is 31.3 Å². The fraction of sp³-hybridized carbons (Fsp3) is 0.294. The molecule has 1 aromatic heterocycles. The maximum Gasteiger partial charge on any atom is 0.259 e. The van der Waals surface area contributed by atoms with Gasteiger partial charge in [-0.05, 0) is 47.6 Å². The van der Waals surface area contributed by atoms with Crippen molar-refractivity contribution in [3.63, 3.8) is 0 Å². The van der Waals surface area contributed by atoms with Gasteiger partial charge in [0.25, 0.3) is 5.91 Å². The summed E-state index contributed by atoms with van der Waals surface area (Å²) in [7, 11) is 1.81. The molecule has 0 unspecified atom stereocenters. The van der Waals surface area contributed by atoms with Crippen LogP contribution in [0.25, 0.3) is 5.57 Å². The van der Waals surface area contributed by atoms with Crippen molar-refractivity contribution in [2.45, 2.75) is 26.7 Å². The summed E-state index contributed by atoms with van der Waals surface area (Å²) in [5, 5.41) is 7.20. The van der Waals surface area contributed by atoms with Gasteiger partial charge in [-0.25, -0.2) is 0 Å². The predicted octanol–water partition coefficient (Wildman–Crippen LogP) is 4.48. The van der Waals surface area contributed by atoms with Gasteiger partial charge in [0.2, 0.25) is 0 Å². The van der Waals surface area contributed by atoms with Gasteiger partial charge < -0.3 is 5.32 Å². The molecular formula is C17H20IN3O. The molecule has 1 N–H and O–H groups in total. The van der Waals surface area contributed by atoms with Crippen LogP contribution in [0.1, 0.15) is 42.6 Å². The Morgan fingerprint density at radius 3 is 2.73 bits per heavy atom. The Hall–Kier alpha value is -1.63. The number of nitrogens with one attached hydrogen (secondary N) is 1. The van der Waals surface area contributed by atoms with E-state index in [1.54, 1.807) is 10.9 Å². The van der Waals surface area contributed by atoms with Crippen LogP contribution in [0, 0.1) is 3.70 Å². The van der Waals surface area contributed by atoms with Crippen LogP contribution in [0.2, 0.25) is 0 Å². The number of nitrogens with zero attached hydrogens (tertiary/aromatic N) is 2. The summed E-state index contributed by atoms with van der Waals surface area (Å²) in [5.41, 5.74) is 3.66. The van der Waals surface area contributed by atoms with Crippen molar-refractivity contribution in [3.8, 4) is 0 Å². The molecule has 4 nitrogen and oxygen atoms in total. The van der Waals surface area contributed by atoms with E-state index in [2.05, 4.69) is 52.9 Å². The molecule has 2 aromatic rings. The molecule has 116 valence electrons. The van der Waals surface area contributed by atoms with Gasteiger partial charge in [0.1, 0.15) is 3.70 Å². The first-order valence-corrected chi connectivity index (χ1v) is 8.37. The molecule has 0 aliphatic rings. The first kappa shape index (κ1) is 16.7. The Balaban J connectivity index is 2.26. The first-order chi connectivity index (χ1) is 10.5. The molecule has 22 heavy (non-hydrogen) atoms. The van der Waals surface area contributed by atoms with Crippen molar-refractivity contribution in [1.29, 1.82) is 0 Å². The highest BCUT2D eigenvalue weighted by molar-refractivity contribution is 14.1. The van der Waals surface area contributed by atoms with Crippen LogP contribution >= 0.6 is 22.6 Å². The summed E-state index contributed by atoms with van der Waals surface area (Å²) in [6.07, 6.45) is 6.09. The van der Waals surface area contributed by atoms with E-state index in [9.17, 15) is 4.79 Å². The Bertz CT molecular complexity index is 704. The highest BCUT2D eigenvalue weighted by atomic mass is 127. The second-order valence-electron chi connectivity index (χ2n) is 5.18. The maximum atomic E-state index is 12.4. The largest absolute Gasteiger partial charge is 0.321 e. The number of unbranched alkanes of at least 4 members (excludes halogenated alkanes) is 1. The van der Waals surface area contributed by atoms with Crippen LogP contribution < -0.4 is 5.32 Å². The molecule has 0 fully saturated rings. The number of hydrogen-bond acceptors (Lipinski definition) is 2. The number of allylic oxidation sites excluding steroid dienone is 2. The molecule has 0 aliphatic heterocycles. The van der Waals surface area contributed by atoms with Gasteiger partial charge in [-0.3, -0.25) is 9.48 Å². The lowest BCUT2D eigenvalue weighted by Crippen LogP contribution is -2.13. The highest BCUT2D eigenvalue weighted by Gasteiger charge is 2.15. The Labute approximate surface area is 144 Å². The molecule has 5 heteroatoms. The molecule has 0 aliphatic carbocycles. The van der Waals surface area contributed by atoms with Crippen molar-refractivity contribution in [1.82, 2.24) is 9.78 Å². The SMILES string of the molecule is CCC/C=C(/C)c1ccccc1NC(=O)c1cn(C)nc1I.